The third-order valence-electron chi connectivity index (χ3n) is 5.85. The first-order valence-electron chi connectivity index (χ1n) is 6.78. The number of rotatable bonds is 1. The van der Waals surface area contributed by atoms with E-state index in [9.17, 15) is 5.11 Å². The number of aliphatic hydroxyl groups excluding tert-OH is 1. The SMILES string of the molecule is CC1(C)C[C@]2(C)CC[C@@H]3C(CO)=CC[C@@H]1[C@@H]32. The van der Waals surface area contributed by atoms with Crippen molar-refractivity contribution in [3.05, 3.63) is 11.6 Å². The van der Waals surface area contributed by atoms with Crippen LogP contribution >= 0.6 is 0 Å². The van der Waals surface area contributed by atoms with Gasteiger partial charge in [-0.1, -0.05) is 26.8 Å². The van der Waals surface area contributed by atoms with Crippen molar-refractivity contribution in [1.29, 1.82) is 0 Å². The van der Waals surface area contributed by atoms with Crippen molar-refractivity contribution >= 4 is 0 Å². The van der Waals surface area contributed by atoms with Gasteiger partial charge < -0.3 is 5.11 Å². The highest BCUT2D eigenvalue weighted by Crippen LogP contribution is 2.68. The zero-order chi connectivity index (χ0) is 11.6. The standard InChI is InChI=1S/C15H24O/c1-14(2)9-15(3)7-6-11-10(8-16)4-5-12(14)13(11)15/h4,11-13,16H,5-9H2,1-3H3/t11-,12-,13-,15+/m1/s1. The predicted molar refractivity (Wildman–Crippen MR) is 66.0 cm³/mol. The summed E-state index contributed by atoms with van der Waals surface area (Å²) in [6.07, 6.45) is 7.64. The molecule has 4 atom stereocenters. The van der Waals surface area contributed by atoms with Crippen LogP contribution in [0, 0.1) is 28.6 Å². The summed E-state index contributed by atoms with van der Waals surface area (Å²) in [5.41, 5.74) is 2.42. The van der Waals surface area contributed by atoms with Crippen molar-refractivity contribution in [2.24, 2.45) is 28.6 Å². The summed E-state index contributed by atoms with van der Waals surface area (Å²) in [5.74, 6) is 2.42. The van der Waals surface area contributed by atoms with E-state index in [-0.39, 0.29) is 0 Å². The van der Waals surface area contributed by atoms with Crippen LogP contribution < -0.4 is 0 Å². The molecule has 0 aliphatic heterocycles. The summed E-state index contributed by atoms with van der Waals surface area (Å²) >= 11 is 0. The highest BCUT2D eigenvalue weighted by atomic mass is 16.3. The Morgan fingerprint density at radius 3 is 2.81 bits per heavy atom. The summed E-state index contributed by atoms with van der Waals surface area (Å²) in [6, 6.07) is 0. The summed E-state index contributed by atoms with van der Waals surface area (Å²) < 4.78 is 0. The molecule has 0 aromatic rings. The largest absolute Gasteiger partial charge is 0.392 e. The Kier molecular flexibility index (Phi) is 2.12. The molecule has 0 unspecified atom stereocenters. The number of hydrogen-bond acceptors (Lipinski definition) is 1. The molecule has 1 N–H and O–H groups in total. The zero-order valence-corrected chi connectivity index (χ0v) is 10.8. The lowest BCUT2D eigenvalue weighted by atomic mass is 9.67. The van der Waals surface area contributed by atoms with Crippen molar-refractivity contribution < 1.29 is 5.11 Å². The van der Waals surface area contributed by atoms with Crippen molar-refractivity contribution in [1.82, 2.24) is 0 Å². The van der Waals surface area contributed by atoms with Gasteiger partial charge in [-0.15, -0.1) is 0 Å². The van der Waals surface area contributed by atoms with E-state index in [4.69, 9.17) is 0 Å². The third-order valence-corrected chi connectivity index (χ3v) is 5.85. The second-order valence-electron chi connectivity index (χ2n) is 7.27. The van der Waals surface area contributed by atoms with Gasteiger partial charge in [-0.3, -0.25) is 0 Å². The Morgan fingerprint density at radius 2 is 2.12 bits per heavy atom. The minimum absolute atomic E-state index is 0.296. The van der Waals surface area contributed by atoms with E-state index >= 15 is 0 Å². The van der Waals surface area contributed by atoms with Crippen LogP contribution in [-0.2, 0) is 0 Å². The van der Waals surface area contributed by atoms with Crippen LogP contribution in [0.2, 0.25) is 0 Å². The highest BCUT2D eigenvalue weighted by molar-refractivity contribution is 5.23. The van der Waals surface area contributed by atoms with E-state index in [1.165, 1.54) is 31.3 Å². The van der Waals surface area contributed by atoms with Crippen molar-refractivity contribution in [2.45, 2.75) is 46.5 Å². The van der Waals surface area contributed by atoms with Gasteiger partial charge in [0.1, 0.15) is 0 Å². The number of hydrogen-bond donors (Lipinski definition) is 1. The van der Waals surface area contributed by atoms with Gasteiger partial charge in [0.2, 0.25) is 0 Å². The second-order valence-corrected chi connectivity index (χ2v) is 7.27. The average Bonchev–Trinajstić information content (AvgIpc) is 2.64. The van der Waals surface area contributed by atoms with Gasteiger partial charge in [-0.05, 0) is 59.8 Å². The first kappa shape index (κ1) is 10.8. The van der Waals surface area contributed by atoms with Crippen molar-refractivity contribution in [2.75, 3.05) is 6.61 Å². The van der Waals surface area contributed by atoms with E-state index < -0.39 is 0 Å². The molecule has 0 bridgehead atoms. The van der Waals surface area contributed by atoms with E-state index in [1.807, 2.05) is 0 Å². The second kappa shape index (κ2) is 3.13. The molecule has 90 valence electrons. The van der Waals surface area contributed by atoms with E-state index in [1.54, 1.807) is 0 Å². The molecule has 0 aromatic carbocycles. The zero-order valence-electron chi connectivity index (χ0n) is 10.8. The molecule has 0 aromatic heterocycles. The Balaban J connectivity index is 2.03. The minimum atomic E-state index is 0.296. The molecule has 3 rings (SSSR count). The van der Waals surface area contributed by atoms with E-state index in [0.29, 0.717) is 23.4 Å². The third kappa shape index (κ3) is 1.21. The fourth-order valence-electron chi connectivity index (χ4n) is 5.44. The van der Waals surface area contributed by atoms with Gasteiger partial charge in [0, 0.05) is 0 Å². The maximum Gasteiger partial charge on any atom is 0.0644 e. The minimum Gasteiger partial charge on any atom is -0.392 e. The molecular formula is C15H24O. The van der Waals surface area contributed by atoms with Crippen molar-refractivity contribution in [3.8, 4) is 0 Å². The van der Waals surface area contributed by atoms with E-state index in [2.05, 4.69) is 26.8 Å². The molecular weight excluding hydrogens is 196 g/mol. The summed E-state index contributed by atoms with van der Waals surface area (Å²) in [5, 5.41) is 9.48. The van der Waals surface area contributed by atoms with Gasteiger partial charge in [-0.25, -0.2) is 0 Å². The molecule has 0 saturated heterocycles. The van der Waals surface area contributed by atoms with Crippen LogP contribution in [-0.4, -0.2) is 11.7 Å². The van der Waals surface area contributed by atoms with Crippen LogP contribution in [0.5, 0.6) is 0 Å². The predicted octanol–water partition coefficient (Wildman–Crippen LogP) is 3.39. The molecule has 2 fully saturated rings. The smallest absolute Gasteiger partial charge is 0.0644 e. The Labute approximate surface area is 98.9 Å². The van der Waals surface area contributed by atoms with Gasteiger partial charge >= 0.3 is 0 Å². The Morgan fingerprint density at radius 1 is 1.38 bits per heavy atom. The van der Waals surface area contributed by atoms with Gasteiger partial charge in [0.15, 0.2) is 0 Å². The van der Waals surface area contributed by atoms with Crippen LogP contribution in [0.4, 0.5) is 0 Å². The van der Waals surface area contributed by atoms with Crippen molar-refractivity contribution in [3.63, 3.8) is 0 Å². The summed E-state index contributed by atoms with van der Waals surface area (Å²) in [4.78, 5) is 0. The molecule has 1 nitrogen and oxygen atoms in total. The molecule has 16 heavy (non-hydrogen) atoms. The average molecular weight is 220 g/mol. The first-order valence-corrected chi connectivity index (χ1v) is 6.78. The quantitative estimate of drug-likeness (QED) is 0.672. The van der Waals surface area contributed by atoms with Crippen LogP contribution in [0.1, 0.15) is 46.5 Å². The lowest BCUT2D eigenvalue weighted by Gasteiger charge is -2.38. The van der Waals surface area contributed by atoms with Gasteiger partial charge in [0.05, 0.1) is 6.61 Å². The maximum absolute atomic E-state index is 9.48. The normalized spacial score (nSPS) is 49.0. The monoisotopic (exact) mass is 220 g/mol. The summed E-state index contributed by atoms with van der Waals surface area (Å²) in [7, 11) is 0. The fourth-order valence-corrected chi connectivity index (χ4v) is 5.44. The molecule has 0 spiro atoms. The molecule has 1 heteroatoms. The summed E-state index contributed by atoms with van der Waals surface area (Å²) in [6.45, 7) is 7.70. The maximum atomic E-state index is 9.48. The molecule has 0 radical (unpaired) electrons. The number of aliphatic hydroxyl groups is 1. The topological polar surface area (TPSA) is 20.2 Å². The van der Waals surface area contributed by atoms with Crippen LogP contribution in [0.25, 0.3) is 0 Å². The molecule has 0 amide bonds. The van der Waals surface area contributed by atoms with Gasteiger partial charge in [0.25, 0.3) is 0 Å². The van der Waals surface area contributed by atoms with Crippen LogP contribution in [0.3, 0.4) is 0 Å². The Hall–Kier alpha value is -0.300. The highest BCUT2D eigenvalue weighted by Gasteiger charge is 2.60. The number of allylic oxidation sites excluding steroid dienone is 1. The fraction of sp³-hybridized carbons (Fsp3) is 0.867. The van der Waals surface area contributed by atoms with Gasteiger partial charge in [-0.2, -0.15) is 0 Å². The lowest BCUT2D eigenvalue weighted by Crippen LogP contribution is -2.31. The molecule has 3 aliphatic rings. The van der Waals surface area contributed by atoms with Crippen LogP contribution in [0.15, 0.2) is 11.6 Å². The first-order chi connectivity index (χ1) is 7.48. The molecule has 3 aliphatic carbocycles. The Bertz CT molecular complexity index is 341. The van der Waals surface area contributed by atoms with E-state index in [0.717, 1.165) is 11.8 Å². The molecule has 2 saturated carbocycles. The molecule has 0 heterocycles. The lowest BCUT2D eigenvalue weighted by molar-refractivity contribution is 0.157.